The average Bonchev–Trinajstić information content (AvgIpc) is 2.35. The van der Waals surface area contributed by atoms with Crippen molar-refractivity contribution < 1.29 is 9.84 Å². The van der Waals surface area contributed by atoms with Crippen molar-refractivity contribution in [3.63, 3.8) is 0 Å². The lowest BCUT2D eigenvalue weighted by Crippen LogP contribution is -2.10. The molecule has 0 heterocycles. The number of aliphatic hydroxyl groups is 1. The number of benzene rings is 1. The van der Waals surface area contributed by atoms with E-state index in [0.29, 0.717) is 5.92 Å². The highest BCUT2D eigenvalue weighted by atomic mass is 16.5. The molecule has 0 saturated carbocycles. The number of rotatable bonds is 8. The summed E-state index contributed by atoms with van der Waals surface area (Å²) in [7, 11) is 0. The quantitative estimate of drug-likeness (QED) is 0.715. The average molecular weight is 250 g/mol. The molecule has 2 nitrogen and oxygen atoms in total. The van der Waals surface area contributed by atoms with E-state index in [2.05, 4.69) is 32.9 Å². The summed E-state index contributed by atoms with van der Waals surface area (Å²) in [5.74, 6) is 0.889. The molecule has 102 valence electrons. The van der Waals surface area contributed by atoms with Crippen LogP contribution < -0.4 is 0 Å². The Morgan fingerprint density at radius 2 is 1.78 bits per heavy atom. The molecule has 1 rings (SSSR count). The van der Waals surface area contributed by atoms with Crippen molar-refractivity contribution in [3.05, 3.63) is 35.4 Å². The van der Waals surface area contributed by atoms with Crippen LogP contribution in [0.1, 0.15) is 43.7 Å². The standard InChI is InChI=1S/C16H26O2/c1-13(2)8-10-18-11-9-15(12-17)16-7-5-4-6-14(16)3/h4-7,13,15,17H,8-12H2,1-3H3. The van der Waals surface area contributed by atoms with Gasteiger partial charge < -0.3 is 9.84 Å². The van der Waals surface area contributed by atoms with Crippen LogP contribution >= 0.6 is 0 Å². The smallest absolute Gasteiger partial charge is 0.0500 e. The largest absolute Gasteiger partial charge is 0.396 e. The maximum absolute atomic E-state index is 9.49. The van der Waals surface area contributed by atoms with Gasteiger partial charge >= 0.3 is 0 Å². The van der Waals surface area contributed by atoms with Crippen LogP contribution in [0.3, 0.4) is 0 Å². The molecule has 0 aromatic heterocycles. The third-order valence-electron chi connectivity index (χ3n) is 3.30. The Bertz CT molecular complexity index is 334. The Labute approximate surface area is 111 Å². The minimum atomic E-state index is 0.193. The first-order chi connectivity index (χ1) is 8.65. The van der Waals surface area contributed by atoms with Crippen LogP contribution in [0.25, 0.3) is 0 Å². The highest BCUT2D eigenvalue weighted by Gasteiger charge is 2.12. The van der Waals surface area contributed by atoms with Crippen molar-refractivity contribution in [3.8, 4) is 0 Å². The van der Waals surface area contributed by atoms with Crippen molar-refractivity contribution in [1.82, 2.24) is 0 Å². The molecule has 1 atom stereocenters. The van der Waals surface area contributed by atoms with Crippen molar-refractivity contribution in [2.24, 2.45) is 5.92 Å². The van der Waals surface area contributed by atoms with Crippen LogP contribution in [0.4, 0.5) is 0 Å². The van der Waals surface area contributed by atoms with E-state index in [1.807, 2.05) is 12.1 Å². The highest BCUT2D eigenvalue weighted by molar-refractivity contribution is 5.29. The van der Waals surface area contributed by atoms with Gasteiger partial charge in [0.25, 0.3) is 0 Å². The Balaban J connectivity index is 2.36. The third-order valence-corrected chi connectivity index (χ3v) is 3.30. The van der Waals surface area contributed by atoms with Crippen molar-refractivity contribution in [2.45, 2.75) is 39.5 Å². The topological polar surface area (TPSA) is 29.5 Å². The van der Waals surface area contributed by atoms with Gasteiger partial charge in [-0.05, 0) is 36.8 Å². The Morgan fingerprint density at radius 3 is 2.39 bits per heavy atom. The second-order valence-corrected chi connectivity index (χ2v) is 5.32. The number of aryl methyl sites for hydroxylation is 1. The lowest BCUT2D eigenvalue weighted by atomic mass is 9.93. The van der Waals surface area contributed by atoms with Gasteiger partial charge in [-0.1, -0.05) is 38.1 Å². The SMILES string of the molecule is Cc1ccccc1C(CO)CCOCCC(C)C. The molecule has 0 aliphatic rings. The summed E-state index contributed by atoms with van der Waals surface area (Å²) in [6.07, 6.45) is 1.99. The molecule has 18 heavy (non-hydrogen) atoms. The van der Waals surface area contributed by atoms with E-state index in [1.165, 1.54) is 11.1 Å². The van der Waals surface area contributed by atoms with Crippen LogP contribution in [0.5, 0.6) is 0 Å². The molecule has 0 radical (unpaired) electrons. The molecule has 1 N–H and O–H groups in total. The van der Waals surface area contributed by atoms with Gasteiger partial charge in [-0.25, -0.2) is 0 Å². The molecule has 1 aromatic carbocycles. The molecular weight excluding hydrogens is 224 g/mol. The summed E-state index contributed by atoms with van der Waals surface area (Å²) < 4.78 is 5.63. The zero-order chi connectivity index (χ0) is 13.4. The number of hydrogen-bond donors (Lipinski definition) is 1. The first-order valence-electron chi connectivity index (χ1n) is 6.89. The zero-order valence-corrected chi connectivity index (χ0v) is 11.9. The Hall–Kier alpha value is -0.860. The molecule has 1 unspecified atom stereocenters. The summed E-state index contributed by atoms with van der Waals surface area (Å²) in [5.41, 5.74) is 2.49. The van der Waals surface area contributed by atoms with Crippen molar-refractivity contribution in [2.75, 3.05) is 19.8 Å². The first kappa shape index (κ1) is 15.2. The van der Waals surface area contributed by atoms with Gasteiger partial charge in [0.1, 0.15) is 0 Å². The van der Waals surface area contributed by atoms with E-state index < -0.39 is 0 Å². The van der Waals surface area contributed by atoms with Gasteiger partial charge in [-0.15, -0.1) is 0 Å². The summed E-state index contributed by atoms with van der Waals surface area (Å²) in [6.45, 7) is 8.24. The fourth-order valence-electron chi connectivity index (χ4n) is 2.04. The normalized spacial score (nSPS) is 12.9. The maximum atomic E-state index is 9.49. The molecule has 0 aliphatic heterocycles. The second kappa shape index (κ2) is 8.28. The predicted molar refractivity (Wildman–Crippen MR) is 75.9 cm³/mol. The van der Waals surface area contributed by atoms with Gasteiger partial charge in [0, 0.05) is 19.1 Å². The van der Waals surface area contributed by atoms with Crippen LogP contribution in [0.2, 0.25) is 0 Å². The van der Waals surface area contributed by atoms with Crippen molar-refractivity contribution in [1.29, 1.82) is 0 Å². The van der Waals surface area contributed by atoms with Crippen LogP contribution in [-0.4, -0.2) is 24.9 Å². The first-order valence-corrected chi connectivity index (χ1v) is 6.89. The summed E-state index contributed by atoms with van der Waals surface area (Å²) in [4.78, 5) is 0. The molecule has 0 spiro atoms. The molecular formula is C16H26O2. The molecule has 0 aliphatic carbocycles. The monoisotopic (exact) mass is 250 g/mol. The van der Waals surface area contributed by atoms with Crippen LogP contribution in [0.15, 0.2) is 24.3 Å². The number of hydrogen-bond acceptors (Lipinski definition) is 2. The van der Waals surface area contributed by atoms with E-state index in [4.69, 9.17) is 4.74 Å². The zero-order valence-electron chi connectivity index (χ0n) is 11.9. The van der Waals surface area contributed by atoms with Gasteiger partial charge in [0.05, 0.1) is 6.61 Å². The lowest BCUT2D eigenvalue weighted by Gasteiger charge is -2.17. The van der Waals surface area contributed by atoms with E-state index in [9.17, 15) is 5.11 Å². The summed E-state index contributed by atoms with van der Waals surface area (Å²) >= 11 is 0. The third kappa shape index (κ3) is 5.19. The predicted octanol–water partition coefficient (Wildman–Crippen LogP) is 3.52. The number of ether oxygens (including phenoxy) is 1. The van der Waals surface area contributed by atoms with E-state index >= 15 is 0 Å². The fourth-order valence-corrected chi connectivity index (χ4v) is 2.04. The molecule has 0 amide bonds. The van der Waals surface area contributed by atoms with Crippen LogP contribution in [0, 0.1) is 12.8 Å². The second-order valence-electron chi connectivity index (χ2n) is 5.32. The van der Waals surface area contributed by atoms with Crippen LogP contribution in [-0.2, 0) is 4.74 Å². The van der Waals surface area contributed by atoms with E-state index in [1.54, 1.807) is 0 Å². The lowest BCUT2D eigenvalue weighted by molar-refractivity contribution is 0.110. The van der Waals surface area contributed by atoms with E-state index in [-0.39, 0.29) is 12.5 Å². The minimum absolute atomic E-state index is 0.193. The van der Waals surface area contributed by atoms with Gasteiger partial charge in [0.2, 0.25) is 0 Å². The summed E-state index contributed by atoms with van der Waals surface area (Å²) in [6, 6.07) is 8.26. The van der Waals surface area contributed by atoms with E-state index in [0.717, 1.165) is 26.1 Å². The highest BCUT2D eigenvalue weighted by Crippen LogP contribution is 2.22. The fraction of sp³-hybridized carbons (Fsp3) is 0.625. The summed E-state index contributed by atoms with van der Waals surface area (Å²) in [5, 5.41) is 9.49. The molecule has 0 bridgehead atoms. The Kier molecular flexibility index (Phi) is 6.99. The minimum Gasteiger partial charge on any atom is -0.396 e. The van der Waals surface area contributed by atoms with Gasteiger partial charge in [-0.2, -0.15) is 0 Å². The van der Waals surface area contributed by atoms with Crippen molar-refractivity contribution >= 4 is 0 Å². The Morgan fingerprint density at radius 1 is 1.11 bits per heavy atom. The number of aliphatic hydroxyl groups excluding tert-OH is 1. The molecule has 2 heteroatoms. The molecule has 0 fully saturated rings. The molecule has 1 aromatic rings. The van der Waals surface area contributed by atoms with Gasteiger partial charge in [0.15, 0.2) is 0 Å². The maximum Gasteiger partial charge on any atom is 0.0500 e. The van der Waals surface area contributed by atoms with Gasteiger partial charge in [-0.3, -0.25) is 0 Å². The molecule has 0 saturated heterocycles.